The Labute approximate surface area is 93.9 Å². The van der Waals surface area contributed by atoms with Gasteiger partial charge >= 0.3 is 0 Å². The van der Waals surface area contributed by atoms with Gasteiger partial charge < -0.3 is 5.32 Å². The summed E-state index contributed by atoms with van der Waals surface area (Å²) in [6.45, 7) is 5.65. The van der Waals surface area contributed by atoms with Crippen molar-refractivity contribution in [2.75, 3.05) is 0 Å². The van der Waals surface area contributed by atoms with Crippen molar-refractivity contribution in [1.29, 1.82) is 0 Å². The molecule has 0 fully saturated rings. The van der Waals surface area contributed by atoms with Crippen molar-refractivity contribution in [3.63, 3.8) is 0 Å². The van der Waals surface area contributed by atoms with Gasteiger partial charge in [-0.2, -0.15) is 0 Å². The highest BCUT2D eigenvalue weighted by molar-refractivity contribution is 7.13. The number of aromatic nitrogens is 1. The lowest BCUT2D eigenvalue weighted by molar-refractivity contribution is 0.0948. The third-order valence-corrected chi connectivity index (χ3v) is 3.10. The van der Waals surface area contributed by atoms with Crippen molar-refractivity contribution in [2.24, 2.45) is 0 Å². The predicted octanol–water partition coefficient (Wildman–Crippen LogP) is 1.90. The van der Waals surface area contributed by atoms with Crippen molar-refractivity contribution < 1.29 is 4.79 Å². The normalized spacial score (nSPS) is 11.9. The molecule has 0 bridgehead atoms. The molecule has 0 aliphatic heterocycles. The Balaban J connectivity index is 2.78. The van der Waals surface area contributed by atoms with Crippen molar-refractivity contribution in [1.82, 2.24) is 10.3 Å². The van der Waals surface area contributed by atoms with Gasteiger partial charge in [0.1, 0.15) is 4.88 Å². The fourth-order valence-corrected chi connectivity index (χ4v) is 2.05. The van der Waals surface area contributed by atoms with Crippen LogP contribution in [0, 0.1) is 26.2 Å². The number of nitrogens with one attached hydrogen (secondary N) is 1. The Bertz CT molecular complexity index is 403. The first kappa shape index (κ1) is 11.7. The first-order valence-electron chi connectivity index (χ1n) is 4.79. The summed E-state index contributed by atoms with van der Waals surface area (Å²) in [6, 6.07) is -0.195. The number of thiazole rings is 1. The topological polar surface area (TPSA) is 42.0 Å². The second-order valence-corrected chi connectivity index (χ2v) is 4.45. The summed E-state index contributed by atoms with van der Waals surface area (Å²) in [7, 11) is 0. The molecule has 3 nitrogen and oxygen atoms in total. The maximum absolute atomic E-state index is 11.8. The van der Waals surface area contributed by atoms with Crippen molar-refractivity contribution >= 4 is 17.2 Å². The third-order valence-electron chi connectivity index (χ3n) is 2.02. The van der Waals surface area contributed by atoms with E-state index in [2.05, 4.69) is 16.2 Å². The molecule has 0 aliphatic rings. The second kappa shape index (κ2) is 4.94. The van der Waals surface area contributed by atoms with Crippen LogP contribution in [0.4, 0.5) is 0 Å². The molecule has 1 rings (SSSR count). The van der Waals surface area contributed by atoms with Gasteiger partial charge in [0.2, 0.25) is 0 Å². The van der Waals surface area contributed by atoms with Crippen molar-refractivity contribution in [3.8, 4) is 12.3 Å². The van der Waals surface area contributed by atoms with E-state index in [1.165, 1.54) is 11.3 Å². The van der Waals surface area contributed by atoms with Crippen LogP contribution in [-0.4, -0.2) is 16.9 Å². The van der Waals surface area contributed by atoms with E-state index in [9.17, 15) is 4.79 Å². The highest BCUT2D eigenvalue weighted by Gasteiger charge is 2.15. The standard InChI is InChI=1S/C11H14N2OS/c1-5-9(6-2)13-11(14)10-7(3)12-8(4)15-10/h1,9H,6H2,2-4H3,(H,13,14). The van der Waals surface area contributed by atoms with Crippen LogP contribution >= 0.6 is 11.3 Å². The fraction of sp³-hybridized carbons (Fsp3) is 0.455. The SMILES string of the molecule is C#CC(CC)NC(=O)c1sc(C)nc1C. The minimum absolute atomic E-state index is 0.122. The number of aryl methyl sites for hydroxylation is 2. The van der Waals surface area contributed by atoms with Crippen LogP contribution in [0.5, 0.6) is 0 Å². The maximum Gasteiger partial charge on any atom is 0.264 e. The van der Waals surface area contributed by atoms with Gasteiger partial charge in [0, 0.05) is 0 Å². The van der Waals surface area contributed by atoms with Gasteiger partial charge in [-0.05, 0) is 20.3 Å². The molecule has 80 valence electrons. The Morgan fingerprint density at radius 2 is 2.33 bits per heavy atom. The maximum atomic E-state index is 11.8. The second-order valence-electron chi connectivity index (χ2n) is 3.25. The first-order valence-corrected chi connectivity index (χ1v) is 5.61. The van der Waals surface area contributed by atoms with Crippen LogP contribution in [0.15, 0.2) is 0 Å². The van der Waals surface area contributed by atoms with Gasteiger partial charge in [0.15, 0.2) is 0 Å². The van der Waals surface area contributed by atoms with Crippen LogP contribution < -0.4 is 5.32 Å². The largest absolute Gasteiger partial charge is 0.338 e. The van der Waals surface area contributed by atoms with Crippen LogP contribution in [-0.2, 0) is 0 Å². The number of amides is 1. The molecule has 1 aromatic rings. The quantitative estimate of drug-likeness (QED) is 0.794. The molecule has 1 amide bonds. The fourth-order valence-electron chi connectivity index (χ4n) is 1.23. The minimum Gasteiger partial charge on any atom is -0.338 e. The number of carbonyl (C=O) groups is 1. The summed E-state index contributed by atoms with van der Waals surface area (Å²) in [4.78, 5) is 16.6. The Hall–Kier alpha value is -1.34. The van der Waals surface area contributed by atoms with E-state index >= 15 is 0 Å². The lowest BCUT2D eigenvalue weighted by Crippen LogP contribution is -2.33. The van der Waals surface area contributed by atoms with Crippen LogP contribution in [0.25, 0.3) is 0 Å². The van der Waals surface area contributed by atoms with Crippen molar-refractivity contribution in [3.05, 3.63) is 15.6 Å². The molecule has 1 heterocycles. The van der Waals surface area contributed by atoms with Crippen LogP contribution in [0.1, 0.15) is 33.7 Å². The zero-order chi connectivity index (χ0) is 11.4. The molecular weight excluding hydrogens is 208 g/mol. The number of rotatable bonds is 3. The number of hydrogen-bond acceptors (Lipinski definition) is 3. The van der Waals surface area contributed by atoms with Gasteiger partial charge in [-0.3, -0.25) is 4.79 Å². The molecule has 0 aliphatic carbocycles. The van der Waals surface area contributed by atoms with E-state index in [0.29, 0.717) is 4.88 Å². The number of hydrogen-bond donors (Lipinski definition) is 1. The molecule has 1 atom stereocenters. The van der Waals surface area contributed by atoms with E-state index in [1.807, 2.05) is 20.8 Å². The van der Waals surface area contributed by atoms with E-state index in [-0.39, 0.29) is 11.9 Å². The first-order chi connectivity index (χ1) is 7.08. The molecule has 1 aromatic heterocycles. The molecule has 15 heavy (non-hydrogen) atoms. The summed E-state index contributed by atoms with van der Waals surface area (Å²) < 4.78 is 0. The Morgan fingerprint density at radius 3 is 2.73 bits per heavy atom. The zero-order valence-electron chi connectivity index (χ0n) is 9.13. The smallest absolute Gasteiger partial charge is 0.264 e. The van der Waals surface area contributed by atoms with Gasteiger partial charge in [0.25, 0.3) is 5.91 Å². The average molecular weight is 222 g/mol. The summed E-state index contributed by atoms with van der Waals surface area (Å²) in [5, 5.41) is 3.68. The van der Waals surface area contributed by atoms with Crippen LogP contribution in [0.3, 0.4) is 0 Å². The monoisotopic (exact) mass is 222 g/mol. The summed E-state index contributed by atoms with van der Waals surface area (Å²) in [5.41, 5.74) is 0.766. The molecule has 0 radical (unpaired) electrons. The van der Waals surface area contributed by atoms with Gasteiger partial charge in [-0.1, -0.05) is 12.8 Å². The predicted molar refractivity (Wildman–Crippen MR) is 62.0 cm³/mol. The number of carbonyl (C=O) groups excluding carboxylic acids is 1. The molecular formula is C11H14N2OS. The molecule has 1 N–H and O–H groups in total. The Kier molecular flexibility index (Phi) is 3.87. The van der Waals surface area contributed by atoms with E-state index < -0.39 is 0 Å². The zero-order valence-corrected chi connectivity index (χ0v) is 9.94. The van der Waals surface area contributed by atoms with Crippen molar-refractivity contribution in [2.45, 2.75) is 33.2 Å². The summed E-state index contributed by atoms with van der Waals surface area (Å²) in [6.07, 6.45) is 6.01. The average Bonchev–Trinajstić information content (AvgIpc) is 2.54. The number of nitrogens with zero attached hydrogens (tertiary/aromatic N) is 1. The summed E-state index contributed by atoms with van der Waals surface area (Å²) in [5.74, 6) is 2.41. The van der Waals surface area contributed by atoms with Gasteiger partial charge in [-0.25, -0.2) is 4.98 Å². The van der Waals surface area contributed by atoms with E-state index in [4.69, 9.17) is 6.42 Å². The van der Waals surface area contributed by atoms with Gasteiger partial charge in [-0.15, -0.1) is 17.8 Å². The molecule has 0 saturated heterocycles. The highest BCUT2D eigenvalue weighted by atomic mass is 32.1. The number of terminal acetylenes is 1. The lowest BCUT2D eigenvalue weighted by Gasteiger charge is -2.09. The molecule has 1 unspecified atom stereocenters. The lowest BCUT2D eigenvalue weighted by atomic mass is 10.2. The third kappa shape index (κ3) is 2.80. The Morgan fingerprint density at radius 1 is 1.67 bits per heavy atom. The van der Waals surface area contributed by atoms with E-state index in [0.717, 1.165) is 17.1 Å². The molecule has 0 aromatic carbocycles. The molecule has 4 heteroatoms. The minimum atomic E-state index is -0.195. The van der Waals surface area contributed by atoms with E-state index in [1.54, 1.807) is 0 Å². The highest BCUT2D eigenvalue weighted by Crippen LogP contribution is 2.16. The molecule has 0 spiro atoms. The summed E-state index contributed by atoms with van der Waals surface area (Å²) >= 11 is 1.39. The van der Waals surface area contributed by atoms with Crippen LogP contribution in [0.2, 0.25) is 0 Å². The molecule has 0 saturated carbocycles. The van der Waals surface area contributed by atoms with Gasteiger partial charge in [0.05, 0.1) is 16.7 Å².